The Bertz CT molecular complexity index is 489. The maximum Gasteiger partial charge on any atom is 0.119 e. The number of rotatable bonds is 7. The van der Waals surface area contributed by atoms with Crippen molar-refractivity contribution in [3.05, 3.63) is 59.9 Å². The Hall–Kier alpha value is -1.87. The molecule has 0 aliphatic carbocycles. The van der Waals surface area contributed by atoms with Gasteiger partial charge in [-0.15, -0.1) is 0 Å². The number of hydrogen-bond acceptors (Lipinski definition) is 2. The van der Waals surface area contributed by atoms with E-state index >= 15 is 0 Å². The molecule has 0 atom stereocenters. The zero-order chi connectivity index (χ0) is 14.2. The number of pyridine rings is 1. The molecule has 0 saturated heterocycles. The molecule has 2 aromatic rings. The summed E-state index contributed by atoms with van der Waals surface area (Å²) in [4.78, 5) is 6.69. The number of aromatic nitrogens is 1. The SMILES string of the molecule is CCN(CC)c1ccc(C[NH2+]Cc2ccccn2)cc1. The minimum absolute atomic E-state index is 0.929. The minimum Gasteiger partial charge on any atom is -0.372 e. The minimum atomic E-state index is 0.929. The predicted molar refractivity (Wildman–Crippen MR) is 83.6 cm³/mol. The first-order valence-electron chi connectivity index (χ1n) is 7.39. The van der Waals surface area contributed by atoms with Crippen LogP contribution in [0.1, 0.15) is 25.1 Å². The normalized spacial score (nSPS) is 10.5. The third-order valence-electron chi connectivity index (χ3n) is 3.52. The van der Waals surface area contributed by atoms with Gasteiger partial charge >= 0.3 is 0 Å². The predicted octanol–water partition coefficient (Wildman–Crippen LogP) is 2.19. The highest BCUT2D eigenvalue weighted by Crippen LogP contribution is 2.14. The van der Waals surface area contributed by atoms with Crippen molar-refractivity contribution in [3.8, 4) is 0 Å². The summed E-state index contributed by atoms with van der Waals surface area (Å²) in [6, 6.07) is 14.9. The fraction of sp³-hybridized carbons (Fsp3) is 0.353. The number of anilines is 1. The number of quaternary nitrogens is 1. The van der Waals surface area contributed by atoms with Crippen molar-refractivity contribution in [1.29, 1.82) is 0 Å². The van der Waals surface area contributed by atoms with Crippen LogP contribution in [-0.2, 0) is 13.1 Å². The summed E-state index contributed by atoms with van der Waals surface area (Å²) in [7, 11) is 0. The smallest absolute Gasteiger partial charge is 0.119 e. The monoisotopic (exact) mass is 270 g/mol. The Morgan fingerprint density at radius 2 is 1.70 bits per heavy atom. The third kappa shape index (κ3) is 4.07. The molecule has 3 nitrogen and oxygen atoms in total. The Labute approximate surface area is 121 Å². The van der Waals surface area contributed by atoms with Crippen LogP contribution in [0, 0.1) is 0 Å². The molecule has 0 bridgehead atoms. The number of benzene rings is 1. The van der Waals surface area contributed by atoms with Crippen molar-refractivity contribution >= 4 is 5.69 Å². The van der Waals surface area contributed by atoms with E-state index in [2.05, 4.69) is 59.4 Å². The van der Waals surface area contributed by atoms with Gasteiger partial charge in [-0.25, -0.2) is 0 Å². The largest absolute Gasteiger partial charge is 0.372 e. The van der Waals surface area contributed by atoms with E-state index in [1.165, 1.54) is 11.3 Å². The average molecular weight is 270 g/mol. The first-order valence-corrected chi connectivity index (χ1v) is 7.39. The van der Waals surface area contributed by atoms with Gasteiger partial charge in [0.2, 0.25) is 0 Å². The van der Waals surface area contributed by atoms with E-state index in [-0.39, 0.29) is 0 Å². The lowest BCUT2D eigenvalue weighted by molar-refractivity contribution is -0.686. The lowest BCUT2D eigenvalue weighted by atomic mass is 10.2. The third-order valence-corrected chi connectivity index (χ3v) is 3.52. The fourth-order valence-electron chi connectivity index (χ4n) is 2.34. The van der Waals surface area contributed by atoms with E-state index in [9.17, 15) is 0 Å². The van der Waals surface area contributed by atoms with Crippen LogP contribution in [0.5, 0.6) is 0 Å². The van der Waals surface area contributed by atoms with Crippen LogP contribution in [-0.4, -0.2) is 18.1 Å². The molecule has 106 valence electrons. The number of nitrogens with zero attached hydrogens (tertiary/aromatic N) is 2. The summed E-state index contributed by atoms with van der Waals surface area (Å²) in [5, 5.41) is 2.29. The molecule has 0 amide bonds. The van der Waals surface area contributed by atoms with E-state index in [0.717, 1.165) is 31.9 Å². The summed E-state index contributed by atoms with van der Waals surface area (Å²) in [5.41, 5.74) is 3.80. The van der Waals surface area contributed by atoms with Gasteiger partial charge in [0.15, 0.2) is 0 Å². The molecular formula is C17H24N3+. The summed E-state index contributed by atoms with van der Waals surface area (Å²) in [6.45, 7) is 8.42. The van der Waals surface area contributed by atoms with Crippen molar-refractivity contribution in [2.45, 2.75) is 26.9 Å². The van der Waals surface area contributed by atoms with Crippen LogP contribution in [0.15, 0.2) is 48.7 Å². The Morgan fingerprint density at radius 3 is 2.30 bits per heavy atom. The van der Waals surface area contributed by atoms with E-state index < -0.39 is 0 Å². The first kappa shape index (κ1) is 14.5. The Balaban J connectivity index is 1.85. The van der Waals surface area contributed by atoms with Gasteiger partial charge < -0.3 is 10.2 Å². The van der Waals surface area contributed by atoms with Crippen molar-refractivity contribution in [2.75, 3.05) is 18.0 Å². The number of hydrogen-bond donors (Lipinski definition) is 1. The number of nitrogens with two attached hydrogens (primary N) is 1. The van der Waals surface area contributed by atoms with Crippen molar-refractivity contribution in [2.24, 2.45) is 0 Å². The molecule has 1 aromatic heterocycles. The molecule has 0 saturated carbocycles. The second kappa shape index (κ2) is 7.65. The summed E-state index contributed by atoms with van der Waals surface area (Å²) in [6.07, 6.45) is 1.85. The van der Waals surface area contributed by atoms with Gasteiger partial charge in [0.05, 0.1) is 5.69 Å². The topological polar surface area (TPSA) is 32.7 Å². The van der Waals surface area contributed by atoms with Crippen molar-refractivity contribution in [3.63, 3.8) is 0 Å². The van der Waals surface area contributed by atoms with Gasteiger partial charge in [0, 0.05) is 30.5 Å². The van der Waals surface area contributed by atoms with Gasteiger partial charge in [-0.2, -0.15) is 0 Å². The standard InChI is InChI=1S/C17H23N3/c1-3-20(4-2)17-10-8-15(9-11-17)13-18-14-16-7-5-6-12-19-16/h5-12,18H,3-4,13-14H2,1-2H3/p+1. The van der Waals surface area contributed by atoms with Gasteiger partial charge in [-0.1, -0.05) is 18.2 Å². The van der Waals surface area contributed by atoms with Gasteiger partial charge in [0.25, 0.3) is 0 Å². The molecular weight excluding hydrogens is 246 g/mol. The van der Waals surface area contributed by atoms with Crippen LogP contribution >= 0.6 is 0 Å². The highest BCUT2D eigenvalue weighted by atomic mass is 15.1. The molecule has 0 aliphatic rings. The van der Waals surface area contributed by atoms with Crippen LogP contribution in [0.25, 0.3) is 0 Å². The van der Waals surface area contributed by atoms with Gasteiger partial charge in [-0.05, 0) is 38.1 Å². The van der Waals surface area contributed by atoms with E-state index in [1.54, 1.807) is 0 Å². The zero-order valence-electron chi connectivity index (χ0n) is 12.4. The molecule has 0 aliphatic heterocycles. The van der Waals surface area contributed by atoms with E-state index in [0.29, 0.717) is 0 Å². The average Bonchev–Trinajstić information content (AvgIpc) is 2.51. The highest BCUT2D eigenvalue weighted by Gasteiger charge is 2.02. The van der Waals surface area contributed by atoms with E-state index in [4.69, 9.17) is 0 Å². The maximum atomic E-state index is 4.33. The quantitative estimate of drug-likeness (QED) is 0.836. The maximum absolute atomic E-state index is 4.33. The highest BCUT2D eigenvalue weighted by molar-refractivity contribution is 5.47. The van der Waals surface area contributed by atoms with Crippen molar-refractivity contribution < 1.29 is 5.32 Å². The van der Waals surface area contributed by atoms with Crippen LogP contribution in [0.3, 0.4) is 0 Å². The van der Waals surface area contributed by atoms with E-state index in [1.807, 2.05) is 18.3 Å². The summed E-state index contributed by atoms with van der Waals surface area (Å²) >= 11 is 0. The second-order valence-electron chi connectivity index (χ2n) is 4.86. The lowest BCUT2D eigenvalue weighted by Crippen LogP contribution is -2.80. The Morgan fingerprint density at radius 1 is 0.950 bits per heavy atom. The fourth-order valence-corrected chi connectivity index (χ4v) is 2.34. The molecule has 2 N–H and O–H groups in total. The van der Waals surface area contributed by atoms with Gasteiger partial charge in [0.1, 0.15) is 13.1 Å². The van der Waals surface area contributed by atoms with Crippen LogP contribution in [0.4, 0.5) is 5.69 Å². The molecule has 0 unspecified atom stereocenters. The van der Waals surface area contributed by atoms with Crippen molar-refractivity contribution in [1.82, 2.24) is 4.98 Å². The molecule has 0 spiro atoms. The first-order chi connectivity index (χ1) is 9.83. The lowest BCUT2D eigenvalue weighted by Gasteiger charge is -2.20. The molecule has 3 heteroatoms. The summed E-state index contributed by atoms with van der Waals surface area (Å²) in [5.74, 6) is 0. The molecule has 20 heavy (non-hydrogen) atoms. The summed E-state index contributed by atoms with van der Waals surface area (Å²) < 4.78 is 0. The second-order valence-corrected chi connectivity index (χ2v) is 4.86. The van der Waals surface area contributed by atoms with Gasteiger partial charge in [-0.3, -0.25) is 4.98 Å². The molecule has 1 heterocycles. The van der Waals surface area contributed by atoms with Crippen LogP contribution < -0.4 is 10.2 Å². The molecule has 2 rings (SSSR count). The molecule has 1 aromatic carbocycles. The molecule has 0 radical (unpaired) electrons. The zero-order valence-corrected chi connectivity index (χ0v) is 12.4. The Kier molecular flexibility index (Phi) is 5.56. The van der Waals surface area contributed by atoms with Crippen LogP contribution in [0.2, 0.25) is 0 Å². The molecule has 0 fully saturated rings.